The number of carboxylic acids is 1. The average molecular weight is 561 g/mol. The summed E-state index contributed by atoms with van der Waals surface area (Å²) in [5.41, 5.74) is 3.65. The van der Waals surface area contributed by atoms with Crippen molar-refractivity contribution < 1.29 is 15.0 Å². The van der Waals surface area contributed by atoms with Crippen molar-refractivity contribution in [3.8, 4) is 0 Å². The molecule has 0 atom stereocenters. The molecule has 4 aromatic rings. The lowest BCUT2D eigenvalue weighted by Gasteiger charge is -2.39. The van der Waals surface area contributed by atoms with Gasteiger partial charge in [-0.2, -0.15) is 4.98 Å². The average Bonchev–Trinajstić information content (AvgIpc) is 3.37. The molecule has 0 saturated carbocycles. The zero-order chi connectivity index (χ0) is 27.9. The lowest BCUT2D eigenvalue weighted by atomic mass is 9.84. The number of halogens is 1. The summed E-state index contributed by atoms with van der Waals surface area (Å²) in [5.74, 6) is -0.254. The molecule has 2 aliphatic rings. The maximum Gasteiger partial charge on any atom is 0.335 e. The van der Waals surface area contributed by atoms with Crippen molar-refractivity contribution in [2.24, 2.45) is 0 Å². The molecule has 6 rings (SSSR count). The Morgan fingerprint density at radius 1 is 1.05 bits per heavy atom. The minimum Gasteiger partial charge on any atom is -0.478 e. The zero-order valence-electron chi connectivity index (χ0n) is 22.4. The molecule has 2 aromatic heterocycles. The molecule has 0 unspecified atom stereocenters. The van der Waals surface area contributed by atoms with Crippen molar-refractivity contribution >= 4 is 40.5 Å². The first-order valence-corrected chi connectivity index (χ1v) is 14.1. The van der Waals surface area contributed by atoms with Gasteiger partial charge >= 0.3 is 5.97 Å². The second-order valence-corrected chi connectivity index (χ2v) is 11.4. The van der Waals surface area contributed by atoms with Gasteiger partial charge in [-0.1, -0.05) is 23.7 Å². The Labute approximate surface area is 238 Å². The Morgan fingerprint density at radius 3 is 2.48 bits per heavy atom. The van der Waals surface area contributed by atoms with E-state index in [0.717, 1.165) is 54.1 Å². The molecule has 0 aliphatic carbocycles. The number of fused-ring (bicyclic) bond motifs is 1. The first kappa shape index (κ1) is 26.6. The molecule has 2 aliphatic heterocycles. The van der Waals surface area contributed by atoms with E-state index in [1.165, 1.54) is 0 Å². The molecule has 0 radical (unpaired) electrons. The second-order valence-electron chi connectivity index (χ2n) is 10.9. The van der Waals surface area contributed by atoms with Crippen LogP contribution in [0, 0.1) is 0 Å². The van der Waals surface area contributed by atoms with Gasteiger partial charge in [0.15, 0.2) is 5.65 Å². The molecule has 10 heteroatoms. The molecule has 208 valence electrons. The number of aromatic carboxylic acids is 1. The summed E-state index contributed by atoms with van der Waals surface area (Å²) in [4.78, 5) is 21.3. The molecule has 3 N–H and O–H groups in total. The van der Waals surface area contributed by atoms with E-state index >= 15 is 0 Å². The number of carbonyl (C=O) groups is 1. The fraction of sp³-hybridized carbons (Fsp3) is 0.367. The molecule has 0 spiro atoms. The van der Waals surface area contributed by atoms with E-state index in [4.69, 9.17) is 16.6 Å². The third kappa shape index (κ3) is 5.24. The van der Waals surface area contributed by atoms with Gasteiger partial charge < -0.3 is 25.3 Å². The Bertz CT molecular complexity index is 1520. The van der Waals surface area contributed by atoms with Crippen LogP contribution in [0.25, 0.3) is 5.65 Å². The molecule has 40 heavy (non-hydrogen) atoms. The third-order valence-electron chi connectivity index (χ3n) is 8.35. The Hall–Kier alpha value is -3.66. The maximum atomic E-state index is 12.0. The van der Waals surface area contributed by atoms with Gasteiger partial charge in [-0.3, -0.25) is 0 Å². The number of piperidine rings is 2. The van der Waals surface area contributed by atoms with Gasteiger partial charge in [0.25, 0.3) is 0 Å². The quantitative estimate of drug-likeness (QED) is 0.298. The number of aromatic nitrogens is 3. The van der Waals surface area contributed by atoms with Crippen molar-refractivity contribution in [1.82, 2.24) is 19.5 Å². The van der Waals surface area contributed by atoms with Crippen LogP contribution in [0.2, 0.25) is 5.02 Å². The SMILES string of the molecule is CN1CCC(c2cc(Nc3nc4c(N5CCC(O)(c6ccc(Cl)cc6)CC5)cccn4n3)ccc2C(=O)O)CC1. The highest BCUT2D eigenvalue weighted by molar-refractivity contribution is 6.30. The number of carboxylic acid groups (broad SMARTS) is 1. The van der Waals surface area contributed by atoms with Gasteiger partial charge in [0.1, 0.15) is 0 Å². The summed E-state index contributed by atoms with van der Waals surface area (Å²) in [6, 6.07) is 16.8. The Balaban J connectivity index is 1.22. The van der Waals surface area contributed by atoms with Gasteiger partial charge in [0.2, 0.25) is 5.95 Å². The summed E-state index contributed by atoms with van der Waals surface area (Å²) in [6.07, 6.45) is 4.90. The largest absolute Gasteiger partial charge is 0.478 e. The van der Waals surface area contributed by atoms with Crippen LogP contribution in [0.3, 0.4) is 0 Å². The van der Waals surface area contributed by atoms with Crippen LogP contribution in [0.4, 0.5) is 17.3 Å². The van der Waals surface area contributed by atoms with E-state index in [9.17, 15) is 15.0 Å². The zero-order valence-corrected chi connectivity index (χ0v) is 23.2. The number of pyridine rings is 1. The molecule has 0 amide bonds. The molecular weight excluding hydrogens is 528 g/mol. The number of hydrogen-bond donors (Lipinski definition) is 3. The standard InChI is InChI=1S/C30H33ClN6O3/c1-35-15-10-20(11-16-35)25-19-23(8-9-24(25)28(38)39)32-29-33-27-26(3-2-14-37(27)34-29)36-17-12-30(40,13-18-36)21-4-6-22(31)7-5-21/h2-9,14,19-20,40H,10-13,15-18H2,1H3,(H,32,34)(H,38,39). The lowest BCUT2D eigenvalue weighted by molar-refractivity contribution is 0.0118. The molecule has 2 fully saturated rings. The number of anilines is 3. The minimum atomic E-state index is -0.902. The summed E-state index contributed by atoms with van der Waals surface area (Å²) in [6.45, 7) is 3.24. The summed E-state index contributed by atoms with van der Waals surface area (Å²) < 4.78 is 1.75. The number of aliphatic hydroxyl groups is 1. The first-order chi connectivity index (χ1) is 19.3. The van der Waals surface area contributed by atoms with Crippen LogP contribution in [0.1, 0.15) is 53.1 Å². The number of rotatable bonds is 6. The highest BCUT2D eigenvalue weighted by Crippen LogP contribution is 2.36. The van der Waals surface area contributed by atoms with Crippen molar-refractivity contribution in [2.45, 2.75) is 37.2 Å². The topological polar surface area (TPSA) is 106 Å². The van der Waals surface area contributed by atoms with Crippen molar-refractivity contribution in [3.05, 3.63) is 82.5 Å². The molecule has 0 bridgehead atoms. The maximum absolute atomic E-state index is 12.0. The number of nitrogens with zero attached hydrogens (tertiary/aromatic N) is 5. The van der Waals surface area contributed by atoms with Crippen LogP contribution >= 0.6 is 11.6 Å². The van der Waals surface area contributed by atoms with E-state index in [2.05, 4.69) is 27.3 Å². The van der Waals surface area contributed by atoms with Crippen LogP contribution < -0.4 is 10.2 Å². The van der Waals surface area contributed by atoms with Crippen LogP contribution in [-0.4, -0.2) is 68.9 Å². The smallest absolute Gasteiger partial charge is 0.335 e. The summed E-state index contributed by atoms with van der Waals surface area (Å²) in [5, 5.41) is 29.7. The normalized spacial score (nSPS) is 18.2. The summed E-state index contributed by atoms with van der Waals surface area (Å²) >= 11 is 6.04. The molecule has 9 nitrogen and oxygen atoms in total. The van der Waals surface area contributed by atoms with Crippen LogP contribution in [0.15, 0.2) is 60.8 Å². The van der Waals surface area contributed by atoms with Crippen LogP contribution in [-0.2, 0) is 5.60 Å². The summed E-state index contributed by atoms with van der Waals surface area (Å²) in [7, 11) is 2.10. The molecule has 2 saturated heterocycles. The second kappa shape index (κ2) is 10.7. The van der Waals surface area contributed by atoms with Crippen molar-refractivity contribution in [3.63, 3.8) is 0 Å². The van der Waals surface area contributed by atoms with Gasteiger partial charge in [-0.25, -0.2) is 9.31 Å². The number of nitrogens with one attached hydrogen (secondary N) is 1. The van der Waals surface area contributed by atoms with Gasteiger partial charge in [0.05, 0.1) is 16.9 Å². The monoisotopic (exact) mass is 560 g/mol. The lowest BCUT2D eigenvalue weighted by Crippen LogP contribution is -2.42. The highest BCUT2D eigenvalue weighted by Gasteiger charge is 2.34. The predicted molar refractivity (Wildman–Crippen MR) is 156 cm³/mol. The Morgan fingerprint density at radius 2 is 1.77 bits per heavy atom. The molecule has 4 heterocycles. The fourth-order valence-corrected chi connectivity index (χ4v) is 6.11. The Kier molecular flexibility index (Phi) is 7.12. The molecule has 2 aromatic carbocycles. The van der Waals surface area contributed by atoms with Crippen molar-refractivity contribution in [1.29, 1.82) is 0 Å². The van der Waals surface area contributed by atoms with E-state index in [-0.39, 0.29) is 5.92 Å². The van der Waals surface area contributed by atoms with E-state index in [1.807, 2.05) is 48.7 Å². The number of hydrogen-bond acceptors (Lipinski definition) is 7. The van der Waals surface area contributed by atoms with E-state index in [1.54, 1.807) is 16.6 Å². The fourth-order valence-electron chi connectivity index (χ4n) is 5.98. The van der Waals surface area contributed by atoms with E-state index < -0.39 is 11.6 Å². The highest BCUT2D eigenvalue weighted by atomic mass is 35.5. The van der Waals surface area contributed by atoms with Gasteiger partial charge in [0, 0.05) is 30.0 Å². The minimum absolute atomic E-state index is 0.204. The van der Waals surface area contributed by atoms with Crippen molar-refractivity contribution in [2.75, 3.05) is 43.4 Å². The third-order valence-corrected chi connectivity index (χ3v) is 8.60. The van der Waals surface area contributed by atoms with Gasteiger partial charge in [-0.15, -0.1) is 5.10 Å². The van der Waals surface area contributed by atoms with Gasteiger partial charge in [-0.05, 0) is 105 Å². The molecular formula is C30H33ClN6O3. The predicted octanol–water partition coefficient (Wildman–Crippen LogP) is 5.12. The first-order valence-electron chi connectivity index (χ1n) is 13.7. The van der Waals surface area contributed by atoms with Crippen LogP contribution in [0.5, 0.6) is 0 Å². The number of benzene rings is 2. The number of likely N-dealkylation sites (tertiary alicyclic amines) is 1. The van der Waals surface area contributed by atoms with E-state index in [0.29, 0.717) is 42.5 Å².